The van der Waals surface area contributed by atoms with Gasteiger partial charge in [0.15, 0.2) is 0 Å². The van der Waals surface area contributed by atoms with E-state index in [1.807, 2.05) is 0 Å². The molecule has 122 valence electrons. The number of likely N-dealkylation sites (tertiary alicyclic amines) is 1. The van der Waals surface area contributed by atoms with E-state index < -0.39 is 33.9 Å². The van der Waals surface area contributed by atoms with Crippen molar-refractivity contribution in [1.82, 2.24) is 9.21 Å². The predicted octanol–water partition coefficient (Wildman–Crippen LogP) is 1.18. The number of hydrogen-bond acceptors (Lipinski definition) is 5. The van der Waals surface area contributed by atoms with Crippen LogP contribution in [0.4, 0.5) is 9.59 Å². The quantitative estimate of drug-likeness (QED) is 0.836. The van der Waals surface area contributed by atoms with Crippen molar-refractivity contribution in [2.45, 2.75) is 39.3 Å². The molecule has 21 heavy (non-hydrogen) atoms. The van der Waals surface area contributed by atoms with Gasteiger partial charge in [0.05, 0.1) is 18.8 Å². The van der Waals surface area contributed by atoms with Gasteiger partial charge in [-0.2, -0.15) is 0 Å². The van der Waals surface area contributed by atoms with Crippen molar-refractivity contribution >= 4 is 22.2 Å². The summed E-state index contributed by atoms with van der Waals surface area (Å²) >= 11 is 0. The minimum atomic E-state index is -3.84. The van der Waals surface area contributed by atoms with Crippen molar-refractivity contribution in [3.63, 3.8) is 0 Å². The van der Waals surface area contributed by atoms with Gasteiger partial charge in [-0.25, -0.2) is 22.3 Å². The van der Waals surface area contributed by atoms with Gasteiger partial charge in [-0.3, -0.25) is 0 Å². The molecule has 0 radical (unpaired) electrons. The lowest BCUT2D eigenvalue weighted by Crippen LogP contribution is -2.62. The van der Waals surface area contributed by atoms with E-state index in [1.54, 1.807) is 27.7 Å². The normalized spacial score (nSPS) is 22.4. The highest BCUT2D eigenvalue weighted by molar-refractivity contribution is 7.88. The first-order valence-corrected chi connectivity index (χ1v) is 8.38. The van der Waals surface area contributed by atoms with Crippen molar-refractivity contribution in [3.05, 3.63) is 0 Å². The smallest absolute Gasteiger partial charge is 0.424 e. The molecule has 9 heteroatoms. The van der Waals surface area contributed by atoms with E-state index >= 15 is 0 Å². The Bertz CT molecular complexity index is 524. The van der Waals surface area contributed by atoms with Gasteiger partial charge in [0.25, 0.3) is 0 Å². The number of sulfonamides is 1. The zero-order valence-electron chi connectivity index (χ0n) is 12.9. The third-order valence-electron chi connectivity index (χ3n) is 3.14. The average Bonchev–Trinajstić information content (AvgIpc) is 2.20. The largest absolute Gasteiger partial charge is 0.465 e. The number of carboxylic acid groups (broad SMARTS) is 1. The summed E-state index contributed by atoms with van der Waals surface area (Å²) in [6.07, 6.45) is -1.23. The van der Waals surface area contributed by atoms with Crippen molar-refractivity contribution in [1.29, 1.82) is 0 Å². The molecule has 1 heterocycles. The second kappa shape index (κ2) is 5.70. The summed E-state index contributed by atoms with van der Waals surface area (Å²) in [5.41, 5.74) is -0.836. The van der Waals surface area contributed by atoms with Crippen LogP contribution >= 0.6 is 0 Å². The lowest BCUT2D eigenvalue weighted by Gasteiger charge is -2.46. The standard InChI is InChI=1S/C12H22N2O6S/c1-8-6-13(10(15)16)9(8)7-14(21(5,18)19)11(17)20-12(2,3)4/h8-9H,6-7H2,1-5H3,(H,15,16)/t8-,9-/m1/s1. The summed E-state index contributed by atoms with van der Waals surface area (Å²) in [5.74, 6) is -0.0206. The highest BCUT2D eigenvalue weighted by atomic mass is 32.2. The first-order chi connectivity index (χ1) is 9.33. The molecular formula is C12H22N2O6S. The van der Waals surface area contributed by atoms with Crippen LogP contribution in [0.1, 0.15) is 27.7 Å². The minimum Gasteiger partial charge on any atom is -0.465 e. The Kier molecular flexibility index (Phi) is 4.76. The maximum atomic E-state index is 12.0. The Labute approximate surface area is 124 Å². The Morgan fingerprint density at radius 3 is 2.24 bits per heavy atom. The summed E-state index contributed by atoms with van der Waals surface area (Å²) in [4.78, 5) is 24.2. The molecule has 0 bridgehead atoms. The molecule has 8 nitrogen and oxygen atoms in total. The number of ether oxygens (including phenoxy) is 1. The van der Waals surface area contributed by atoms with Crippen LogP contribution in [0.25, 0.3) is 0 Å². The van der Waals surface area contributed by atoms with Gasteiger partial charge in [-0.05, 0) is 26.7 Å². The van der Waals surface area contributed by atoms with Crippen LogP contribution in [-0.4, -0.2) is 65.9 Å². The van der Waals surface area contributed by atoms with Gasteiger partial charge < -0.3 is 14.7 Å². The van der Waals surface area contributed by atoms with Crippen LogP contribution in [0, 0.1) is 5.92 Å². The molecule has 0 aromatic heterocycles. The monoisotopic (exact) mass is 322 g/mol. The molecule has 2 amide bonds. The molecule has 1 aliphatic rings. The summed E-state index contributed by atoms with van der Waals surface area (Å²) in [5, 5.41) is 9.00. The van der Waals surface area contributed by atoms with E-state index in [0.717, 1.165) is 11.2 Å². The first kappa shape index (κ1) is 17.5. The molecule has 0 aromatic rings. The number of hydrogen-bond donors (Lipinski definition) is 1. The molecule has 0 spiro atoms. The first-order valence-electron chi connectivity index (χ1n) is 6.53. The lowest BCUT2D eigenvalue weighted by molar-refractivity contribution is 0.00765. The fourth-order valence-electron chi connectivity index (χ4n) is 2.06. The maximum absolute atomic E-state index is 12.0. The third kappa shape index (κ3) is 4.48. The molecule has 1 saturated heterocycles. The topological polar surface area (TPSA) is 104 Å². The van der Waals surface area contributed by atoms with Crippen LogP contribution in [0.3, 0.4) is 0 Å². The summed E-state index contributed by atoms with van der Waals surface area (Å²) < 4.78 is 29.2. The van der Waals surface area contributed by atoms with Crippen LogP contribution in [-0.2, 0) is 14.8 Å². The third-order valence-corrected chi connectivity index (χ3v) is 4.24. The predicted molar refractivity (Wildman–Crippen MR) is 75.5 cm³/mol. The van der Waals surface area contributed by atoms with E-state index in [2.05, 4.69) is 0 Å². The number of carbonyl (C=O) groups excluding carboxylic acids is 1. The van der Waals surface area contributed by atoms with Gasteiger partial charge in [-0.1, -0.05) is 6.92 Å². The van der Waals surface area contributed by atoms with Crippen LogP contribution in [0.2, 0.25) is 0 Å². The van der Waals surface area contributed by atoms with Crippen molar-refractivity contribution in [2.24, 2.45) is 5.92 Å². The van der Waals surface area contributed by atoms with Crippen LogP contribution in [0.15, 0.2) is 0 Å². The Morgan fingerprint density at radius 1 is 1.38 bits per heavy atom. The number of carbonyl (C=O) groups is 2. The van der Waals surface area contributed by atoms with E-state index in [0.29, 0.717) is 10.8 Å². The average molecular weight is 322 g/mol. The zero-order chi connectivity index (χ0) is 16.6. The van der Waals surface area contributed by atoms with E-state index in [4.69, 9.17) is 9.84 Å². The van der Waals surface area contributed by atoms with Crippen LogP contribution in [0.5, 0.6) is 0 Å². The summed E-state index contributed by atoms with van der Waals surface area (Å²) in [6, 6.07) is -0.551. The van der Waals surface area contributed by atoms with Crippen LogP contribution < -0.4 is 0 Å². The van der Waals surface area contributed by atoms with Crippen molar-refractivity contribution in [2.75, 3.05) is 19.3 Å². The molecule has 0 unspecified atom stereocenters. The number of nitrogens with zero attached hydrogens (tertiary/aromatic N) is 2. The van der Waals surface area contributed by atoms with E-state index in [1.165, 1.54) is 0 Å². The van der Waals surface area contributed by atoms with Gasteiger partial charge in [0.1, 0.15) is 5.60 Å². The summed E-state index contributed by atoms with van der Waals surface area (Å²) in [7, 11) is -3.84. The molecule has 1 rings (SSSR count). The molecule has 0 aromatic carbocycles. The summed E-state index contributed by atoms with van der Waals surface area (Å²) in [6.45, 7) is 6.77. The lowest BCUT2D eigenvalue weighted by atomic mass is 9.91. The van der Waals surface area contributed by atoms with E-state index in [9.17, 15) is 18.0 Å². The Hall–Kier alpha value is -1.51. The molecule has 1 fully saturated rings. The Balaban J connectivity index is 2.90. The molecule has 1 aliphatic heterocycles. The number of amides is 2. The SMILES string of the molecule is C[C@@H]1CN(C(=O)O)[C@@H]1CN(C(=O)OC(C)(C)C)S(C)(=O)=O. The Morgan fingerprint density at radius 2 is 1.90 bits per heavy atom. The fraction of sp³-hybridized carbons (Fsp3) is 0.833. The van der Waals surface area contributed by atoms with Crippen molar-refractivity contribution in [3.8, 4) is 0 Å². The van der Waals surface area contributed by atoms with Gasteiger partial charge in [0.2, 0.25) is 10.0 Å². The molecule has 0 saturated carbocycles. The zero-order valence-corrected chi connectivity index (χ0v) is 13.7. The second-order valence-electron chi connectivity index (χ2n) is 6.25. The van der Waals surface area contributed by atoms with Gasteiger partial charge in [0, 0.05) is 6.54 Å². The molecule has 1 N–H and O–H groups in total. The van der Waals surface area contributed by atoms with E-state index in [-0.39, 0.29) is 12.5 Å². The highest BCUT2D eigenvalue weighted by Crippen LogP contribution is 2.26. The second-order valence-corrected chi connectivity index (χ2v) is 8.16. The molecule has 2 atom stereocenters. The minimum absolute atomic E-state index is 0.0206. The molecular weight excluding hydrogens is 300 g/mol. The number of rotatable bonds is 3. The fourth-order valence-corrected chi connectivity index (χ4v) is 2.79. The van der Waals surface area contributed by atoms with Crippen molar-refractivity contribution < 1.29 is 27.9 Å². The van der Waals surface area contributed by atoms with Gasteiger partial charge in [-0.15, -0.1) is 0 Å². The highest BCUT2D eigenvalue weighted by Gasteiger charge is 2.43. The van der Waals surface area contributed by atoms with Gasteiger partial charge >= 0.3 is 12.2 Å². The molecule has 0 aliphatic carbocycles. The maximum Gasteiger partial charge on any atom is 0.424 e.